The topological polar surface area (TPSA) is 59.5 Å². The summed E-state index contributed by atoms with van der Waals surface area (Å²) in [7, 11) is 0. The van der Waals surface area contributed by atoms with Crippen LogP contribution in [-0.2, 0) is 9.53 Å². The van der Waals surface area contributed by atoms with Crippen LogP contribution in [0, 0.1) is 0 Å². The van der Waals surface area contributed by atoms with Gasteiger partial charge in [-0.15, -0.1) is 0 Å². The maximum Gasteiger partial charge on any atom is 0.306 e. The fourth-order valence-electron chi connectivity index (χ4n) is 3.62. The minimum atomic E-state index is -0.455. The van der Waals surface area contributed by atoms with Crippen LogP contribution < -0.4 is 0 Å². The van der Waals surface area contributed by atoms with Crippen molar-refractivity contribution >= 4 is 22.8 Å². The number of hydrogen-bond donors (Lipinski definition) is 0. The van der Waals surface area contributed by atoms with E-state index in [-0.39, 0.29) is 11.9 Å². The number of carbonyl (C=O) groups excluding carboxylic acids is 2. The summed E-state index contributed by atoms with van der Waals surface area (Å²) in [5.41, 5.74) is 1.08. The van der Waals surface area contributed by atoms with Crippen LogP contribution in [0.4, 0.5) is 0 Å². The smallest absolute Gasteiger partial charge is 0.306 e. The lowest BCUT2D eigenvalue weighted by molar-refractivity contribution is -0.151. The van der Waals surface area contributed by atoms with Crippen LogP contribution in [0.25, 0.3) is 10.9 Å². The SMILES string of the molecule is O=C1CC[C@]2(CCCN(C(=O)c3ccc4ncccc4c3)C2)O1. The first-order valence-electron chi connectivity index (χ1n) is 8.01. The van der Waals surface area contributed by atoms with Crippen LogP contribution in [-0.4, -0.2) is 40.5 Å². The van der Waals surface area contributed by atoms with E-state index in [2.05, 4.69) is 4.98 Å². The first-order chi connectivity index (χ1) is 11.2. The molecule has 2 aliphatic heterocycles. The van der Waals surface area contributed by atoms with Crippen molar-refractivity contribution in [2.24, 2.45) is 0 Å². The quantitative estimate of drug-likeness (QED) is 0.760. The first kappa shape index (κ1) is 14.2. The van der Waals surface area contributed by atoms with Crippen molar-refractivity contribution < 1.29 is 14.3 Å². The number of piperidine rings is 1. The predicted octanol–water partition coefficient (Wildman–Crippen LogP) is 2.55. The molecule has 1 spiro atoms. The van der Waals surface area contributed by atoms with Gasteiger partial charge < -0.3 is 9.64 Å². The molecule has 2 aromatic rings. The zero-order valence-electron chi connectivity index (χ0n) is 12.8. The first-order valence-corrected chi connectivity index (χ1v) is 8.01. The molecule has 0 aliphatic carbocycles. The number of fused-ring (bicyclic) bond motifs is 1. The molecule has 0 bridgehead atoms. The van der Waals surface area contributed by atoms with Crippen molar-refractivity contribution in [3.8, 4) is 0 Å². The number of esters is 1. The molecule has 2 saturated heterocycles. The third-order valence-corrected chi connectivity index (χ3v) is 4.79. The second-order valence-electron chi connectivity index (χ2n) is 6.40. The van der Waals surface area contributed by atoms with Gasteiger partial charge in [0.2, 0.25) is 0 Å². The lowest BCUT2D eigenvalue weighted by Gasteiger charge is -2.39. The van der Waals surface area contributed by atoms with Gasteiger partial charge in [0.25, 0.3) is 5.91 Å². The van der Waals surface area contributed by atoms with Crippen LogP contribution in [0.3, 0.4) is 0 Å². The van der Waals surface area contributed by atoms with Gasteiger partial charge in [0, 0.05) is 30.1 Å². The van der Waals surface area contributed by atoms with E-state index < -0.39 is 5.60 Å². The van der Waals surface area contributed by atoms with Crippen molar-refractivity contribution in [2.45, 2.75) is 31.3 Å². The third-order valence-electron chi connectivity index (χ3n) is 4.79. The molecule has 118 valence electrons. The summed E-state index contributed by atoms with van der Waals surface area (Å²) >= 11 is 0. The highest BCUT2D eigenvalue weighted by Crippen LogP contribution is 2.35. The van der Waals surface area contributed by atoms with Gasteiger partial charge in [0.05, 0.1) is 12.1 Å². The number of amides is 1. The summed E-state index contributed by atoms with van der Waals surface area (Å²) < 4.78 is 5.53. The maximum absolute atomic E-state index is 12.8. The molecule has 0 radical (unpaired) electrons. The highest BCUT2D eigenvalue weighted by Gasteiger charge is 2.44. The maximum atomic E-state index is 12.8. The Labute approximate surface area is 134 Å². The van der Waals surface area contributed by atoms with Crippen molar-refractivity contribution in [3.63, 3.8) is 0 Å². The van der Waals surface area contributed by atoms with Crippen LogP contribution in [0.5, 0.6) is 0 Å². The Bertz CT molecular complexity index is 789. The number of pyridine rings is 1. The number of ether oxygens (including phenoxy) is 1. The largest absolute Gasteiger partial charge is 0.457 e. The second kappa shape index (κ2) is 5.33. The Hall–Kier alpha value is -2.43. The predicted molar refractivity (Wildman–Crippen MR) is 84.9 cm³/mol. The highest BCUT2D eigenvalue weighted by molar-refractivity contribution is 5.98. The molecule has 5 nitrogen and oxygen atoms in total. The van der Waals surface area contributed by atoms with Gasteiger partial charge in [0.15, 0.2) is 0 Å². The van der Waals surface area contributed by atoms with Crippen LogP contribution in [0.2, 0.25) is 0 Å². The zero-order valence-corrected chi connectivity index (χ0v) is 12.8. The molecule has 2 aliphatic rings. The summed E-state index contributed by atoms with van der Waals surface area (Å²) in [6.07, 6.45) is 4.64. The zero-order chi connectivity index (χ0) is 15.9. The van der Waals surface area contributed by atoms with Crippen molar-refractivity contribution in [2.75, 3.05) is 13.1 Å². The number of carbonyl (C=O) groups is 2. The molecule has 1 atom stereocenters. The minimum absolute atomic E-state index is 0.00206. The van der Waals surface area contributed by atoms with E-state index >= 15 is 0 Å². The molecular weight excluding hydrogens is 292 g/mol. The van der Waals surface area contributed by atoms with E-state index in [1.807, 2.05) is 35.2 Å². The van der Waals surface area contributed by atoms with Gasteiger partial charge in [-0.05, 0) is 43.5 Å². The molecule has 2 fully saturated rings. The van der Waals surface area contributed by atoms with E-state index in [1.54, 1.807) is 6.20 Å². The van der Waals surface area contributed by atoms with Crippen molar-refractivity contribution in [1.82, 2.24) is 9.88 Å². The number of benzene rings is 1. The van der Waals surface area contributed by atoms with E-state index in [9.17, 15) is 9.59 Å². The molecule has 1 amide bonds. The monoisotopic (exact) mass is 310 g/mol. The fourth-order valence-corrected chi connectivity index (χ4v) is 3.62. The van der Waals surface area contributed by atoms with Gasteiger partial charge in [-0.3, -0.25) is 14.6 Å². The van der Waals surface area contributed by atoms with Gasteiger partial charge in [-0.25, -0.2) is 0 Å². The standard InChI is InChI=1S/C18H18N2O3/c21-16-6-8-18(23-16)7-2-10-20(12-18)17(22)14-4-5-15-13(11-14)3-1-9-19-15/h1,3-5,9,11H,2,6-8,10,12H2/t18-/m0/s1. The van der Waals surface area contributed by atoms with Gasteiger partial charge in [-0.2, -0.15) is 0 Å². The highest BCUT2D eigenvalue weighted by atomic mass is 16.6. The summed E-state index contributed by atoms with van der Waals surface area (Å²) in [5, 5.41) is 0.956. The number of aromatic nitrogens is 1. The Morgan fingerprint density at radius 2 is 2.17 bits per heavy atom. The molecule has 1 aromatic heterocycles. The van der Waals surface area contributed by atoms with E-state index in [1.165, 1.54) is 0 Å². The summed E-state index contributed by atoms with van der Waals surface area (Å²) in [6.45, 7) is 1.21. The Balaban J connectivity index is 1.58. The lowest BCUT2D eigenvalue weighted by atomic mass is 9.89. The molecule has 0 saturated carbocycles. The summed E-state index contributed by atoms with van der Waals surface area (Å²) in [5.74, 6) is -0.145. The molecule has 23 heavy (non-hydrogen) atoms. The molecule has 1 aromatic carbocycles. The van der Waals surface area contributed by atoms with Crippen LogP contribution >= 0.6 is 0 Å². The second-order valence-corrected chi connectivity index (χ2v) is 6.40. The van der Waals surface area contributed by atoms with E-state index in [0.717, 1.165) is 30.2 Å². The lowest BCUT2D eigenvalue weighted by Crippen LogP contribution is -2.50. The Morgan fingerprint density at radius 3 is 3.00 bits per heavy atom. The molecule has 5 heteroatoms. The summed E-state index contributed by atoms with van der Waals surface area (Å²) in [4.78, 5) is 30.4. The normalized spacial score (nSPS) is 24.2. The van der Waals surface area contributed by atoms with Crippen molar-refractivity contribution in [3.05, 3.63) is 42.1 Å². The fraction of sp³-hybridized carbons (Fsp3) is 0.389. The van der Waals surface area contributed by atoms with Crippen molar-refractivity contribution in [1.29, 1.82) is 0 Å². The Kier molecular flexibility index (Phi) is 3.29. The Morgan fingerprint density at radius 1 is 1.26 bits per heavy atom. The molecule has 4 rings (SSSR count). The molecule has 3 heterocycles. The molecule has 0 N–H and O–H groups in total. The van der Waals surface area contributed by atoms with E-state index in [4.69, 9.17) is 4.74 Å². The molecular formula is C18H18N2O3. The number of hydrogen-bond acceptors (Lipinski definition) is 4. The van der Waals surface area contributed by atoms with E-state index in [0.29, 0.717) is 25.1 Å². The third kappa shape index (κ3) is 2.56. The van der Waals surface area contributed by atoms with Crippen LogP contribution in [0.15, 0.2) is 36.5 Å². The number of likely N-dealkylation sites (tertiary alicyclic amines) is 1. The van der Waals surface area contributed by atoms with Crippen LogP contribution in [0.1, 0.15) is 36.0 Å². The number of rotatable bonds is 1. The van der Waals surface area contributed by atoms with Gasteiger partial charge in [0.1, 0.15) is 5.60 Å². The van der Waals surface area contributed by atoms with Gasteiger partial charge >= 0.3 is 5.97 Å². The van der Waals surface area contributed by atoms with Gasteiger partial charge in [-0.1, -0.05) is 6.07 Å². The average Bonchev–Trinajstić information content (AvgIpc) is 2.93. The molecule has 0 unspecified atom stereocenters. The average molecular weight is 310 g/mol. The summed E-state index contributed by atoms with van der Waals surface area (Å²) in [6, 6.07) is 9.39. The minimum Gasteiger partial charge on any atom is -0.457 e. The number of nitrogens with zero attached hydrogens (tertiary/aromatic N) is 2.